The Morgan fingerprint density at radius 1 is 1.32 bits per heavy atom. The molecule has 0 bridgehead atoms. The summed E-state index contributed by atoms with van der Waals surface area (Å²) in [6.45, 7) is 8.43. The maximum atomic E-state index is 12.6. The van der Waals surface area contributed by atoms with Crippen LogP contribution in [0.3, 0.4) is 0 Å². The SMILES string of the molecule is CCN(CC)C(=O)CN1C(=O)C(C)(C)Oc2ccc(Cl)cc21. The Bertz CT molecular complexity index is 597. The average molecular weight is 325 g/mol. The zero-order chi connectivity index (χ0) is 16.5. The molecule has 2 amide bonds. The molecule has 1 aliphatic rings. The molecule has 0 fully saturated rings. The van der Waals surface area contributed by atoms with Gasteiger partial charge in [0.1, 0.15) is 12.3 Å². The van der Waals surface area contributed by atoms with Crippen molar-refractivity contribution in [1.82, 2.24) is 4.90 Å². The van der Waals surface area contributed by atoms with Crippen molar-refractivity contribution in [1.29, 1.82) is 0 Å². The topological polar surface area (TPSA) is 49.9 Å². The van der Waals surface area contributed by atoms with Crippen molar-refractivity contribution < 1.29 is 14.3 Å². The summed E-state index contributed by atoms with van der Waals surface area (Å²) in [5.74, 6) is 0.214. The molecule has 1 heterocycles. The van der Waals surface area contributed by atoms with Gasteiger partial charge in [0.15, 0.2) is 5.60 Å². The molecule has 0 atom stereocenters. The summed E-state index contributed by atoms with van der Waals surface area (Å²) in [5.41, 5.74) is -0.470. The molecule has 0 saturated carbocycles. The number of carbonyl (C=O) groups excluding carboxylic acids is 2. The van der Waals surface area contributed by atoms with Crippen LogP contribution in [0.25, 0.3) is 0 Å². The van der Waals surface area contributed by atoms with Crippen molar-refractivity contribution in [2.75, 3.05) is 24.5 Å². The summed E-state index contributed by atoms with van der Waals surface area (Å²) in [6, 6.07) is 5.08. The van der Waals surface area contributed by atoms with Gasteiger partial charge in [-0.2, -0.15) is 0 Å². The van der Waals surface area contributed by atoms with Crippen LogP contribution in [0.4, 0.5) is 5.69 Å². The van der Waals surface area contributed by atoms with E-state index in [2.05, 4.69) is 0 Å². The smallest absolute Gasteiger partial charge is 0.271 e. The molecule has 22 heavy (non-hydrogen) atoms. The molecule has 0 radical (unpaired) electrons. The molecule has 2 rings (SSSR count). The van der Waals surface area contributed by atoms with E-state index in [1.54, 1.807) is 36.9 Å². The molecule has 6 heteroatoms. The minimum Gasteiger partial charge on any atom is -0.476 e. The minimum atomic E-state index is -1.01. The van der Waals surface area contributed by atoms with Crippen LogP contribution in [0, 0.1) is 0 Å². The van der Waals surface area contributed by atoms with E-state index in [-0.39, 0.29) is 18.4 Å². The number of halogens is 1. The van der Waals surface area contributed by atoms with Gasteiger partial charge in [0.2, 0.25) is 5.91 Å². The van der Waals surface area contributed by atoms with Crippen LogP contribution in [-0.4, -0.2) is 41.9 Å². The van der Waals surface area contributed by atoms with Gasteiger partial charge in [-0.05, 0) is 45.9 Å². The van der Waals surface area contributed by atoms with Crippen LogP contribution in [0.1, 0.15) is 27.7 Å². The Labute approximate surface area is 135 Å². The van der Waals surface area contributed by atoms with Gasteiger partial charge in [0.05, 0.1) is 5.69 Å². The van der Waals surface area contributed by atoms with Crippen LogP contribution < -0.4 is 9.64 Å². The molecule has 0 aromatic heterocycles. The van der Waals surface area contributed by atoms with Crippen LogP contribution in [-0.2, 0) is 9.59 Å². The summed E-state index contributed by atoms with van der Waals surface area (Å²) in [4.78, 5) is 28.2. The average Bonchev–Trinajstić information content (AvgIpc) is 2.46. The number of benzene rings is 1. The number of likely N-dealkylation sites (N-methyl/N-ethyl adjacent to an activating group) is 1. The van der Waals surface area contributed by atoms with E-state index in [4.69, 9.17) is 16.3 Å². The Morgan fingerprint density at radius 3 is 2.55 bits per heavy atom. The highest BCUT2D eigenvalue weighted by Crippen LogP contribution is 2.39. The maximum Gasteiger partial charge on any atom is 0.271 e. The van der Waals surface area contributed by atoms with E-state index >= 15 is 0 Å². The third-order valence-corrected chi connectivity index (χ3v) is 3.98. The molecule has 0 N–H and O–H groups in total. The molecule has 0 saturated heterocycles. The number of hydrogen-bond donors (Lipinski definition) is 0. The fourth-order valence-corrected chi connectivity index (χ4v) is 2.68. The third-order valence-electron chi connectivity index (χ3n) is 3.75. The van der Waals surface area contributed by atoms with E-state index in [0.29, 0.717) is 29.5 Å². The van der Waals surface area contributed by atoms with Crippen LogP contribution in [0.2, 0.25) is 5.02 Å². The van der Waals surface area contributed by atoms with Crippen molar-refractivity contribution in [2.45, 2.75) is 33.3 Å². The van der Waals surface area contributed by atoms with E-state index < -0.39 is 5.60 Å². The molecule has 0 aliphatic carbocycles. The normalized spacial score (nSPS) is 16.0. The maximum absolute atomic E-state index is 12.6. The lowest BCUT2D eigenvalue weighted by atomic mass is 10.0. The molecule has 5 nitrogen and oxygen atoms in total. The van der Waals surface area contributed by atoms with Crippen molar-refractivity contribution in [2.24, 2.45) is 0 Å². The number of ether oxygens (including phenoxy) is 1. The third kappa shape index (κ3) is 3.04. The van der Waals surface area contributed by atoms with Crippen LogP contribution in [0.15, 0.2) is 18.2 Å². The van der Waals surface area contributed by atoms with Crippen molar-refractivity contribution >= 4 is 29.1 Å². The number of nitrogens with zero attached hydrogens (tertiary/aromatic N) is 2. The second-order valence-electron chi connectivity index (χ2n) is 5.68. The van der Waals surface area contributed by atoms with Gasteiger partial charge in [-0.3, -0.25) is 14.5 Å². The second-order valence-corrected chi connectivity index (χ2v) is 6.12. The van der Waals surface area contributed by atoms with E-state index in [1.807, 2.05) is 13.8 Å². The van der Waals surface area contributed by atoms with Gasteiger partial charge in [0, 0.05) is 18.1 Å². The first-order chi connectivity index (χ1) is 10.3. The molecular weight excluding hydrogens is 304 g/mol. The van der Waals surface area contributed by atoms with Gasteiger partial charge in [0.25, 0.3) is 5.91 Å². The first kappa shape index (κ1) is 16.6. The first-order valence-electron chi connectivity index (χ1n) is 7.38. The van der Waals surface area contributed by atoms with Gasteiger partial charge in [-0.15, -0.1) is 0 Å². The predicted molar refractivity (Wildman–Crippen MR) is 86.4 cm³/mol. The van der Waals surface area contributed by atoms with E-state index in [9.17, 15) is 9.59 Å². The molecule has 120 valence electrons. The predicted octanol–water partition coefficient (Wildman–Crippen LogP) is 2.71. The number of carbonyl (C=O) groups is 2. The lowest BCUT2D eigenvalue weighted by molar-refractivity contribution is -0.136. The van der Waals surface area contributed by atoms with Gasteiger partial charge in [-0.1, -0.05) is 11.6 Å². The summed E-state index contributed by atoms with van der Waals surface area (Å²) in [6.07, 6.45) is 0. The standard InChI is InChI=1S/C16H21ClN2O3/c1-5-18(6-2)14(20)10-19-12-9-11(17)7-8-13(12)22-16(3,4)15(19)21/h7-9H,5-6,10H2,1-4H3. The van der Waals surface area contributed by atoms with Gasteiger partial charge in [-0.25, -0.2) is 0 Å². The molecule has 1 aromatic rings. The first-order valence-corrected chi connectivity index (χ1v) is 7.76. The highest BCUT2D eigenvalue weighted by atomic mass is 35.5. The molecule has 1 aromatic carbocycles. The largest absolute Gasteiger partial charge is 0.476 e. The molecule has 1 aliphatic heterocycles. The lowest BCUT2D eigenvalue weighted by Gasteiger charge is -2.39. The fraction of sp³-hybridized carbons (Fsp3) is 0.500. The zero-order valence-electron chi connectivity index (χ0n) is 13.4. The molecule has 0 unspecified atom stereocenters. The summed E-state index contributed by atoms with van der Waals surface area (Å²) in [5, 5.41) is 0.496. The quantitative estimate of drug-likeness (QED) is 0.855. The van der Waals surface area contributed by atoms with Gasteiger partial charge >= 0.3 is 0 Å². The van der Waals surface area contributed by atoms with Gasteiger partial charge < -0.3 is 9.64 Å². The Kier molecular flexibility index (Phi) is 4.66. The molecular formula is C16H21ClN2O3. The van der Waals surface area contributed by atoms with Crippen molar-refractivity contribution in [3.8, 4) is 5.75 Å². The van der Waals surface area contributed by atoms with Crippen molar-refractivity contribution in [3.05, 3.63) is 23.2 Å². The lowest BCUT2D eigenvalue weighted by Crippen LogP contribution is -2.55. The number of anilines is 1. The Hall–Kier alpha value is -1.75. The summed E-state index contributed by atoms with van der Waals surface area (Å²) >= 11 is 6.03. The molecule has 0 spiro atoms. The minimum absolute atomic E-state index is 0.0132. The van der Waals surface area contributed by atoms with Crippen LogP contribution in [0.5, 0.6) is 5.75 Å². The Morgan fingerprint density at radius 2 is 1.95 bits per heavy atom. The summed E-state index contributed by atoms with van der Waals surface area (Å²) < 4.78 is 5.74. The highest BCUT2D eigenvalue weighted by molar-refractivity contribution is 6.31. The van der Waals surface area contributed by atoms with E-state index in [1.165, 1.54) is 4.90 Å². The monoisotopic (exact) mass is 324 g/mol. The van der Waals surface area contributed by atoms with Crippen LogP contribution >= 0.6 is 11.6 Å². The number of rotatable bonds is 4. The van der Waals surface area contributed by atoms with E-state index in [0.717, 1.165) is 0 Å². The van der Waals surface area contributed by atoms with Crippen molar-refractivity contribution in [3.63, 3.8) is 0 Å². The second kappa shape index (κ2) is 6.16. The fourth-order valence-electron chi connectivity index (χ4n) is 2.51. The number of fused-ring (bicyclic) bond motifs is 1. The highest BCUT2D eigenvalue weighted by Gasteiger charge is 2.41. The zero-order valence-corrected chi connectivity index (χ0v) is 14.1. The number of amides is 2. The number of hydrogen-bond acceptors (Lipinski definition) is 3. The Balaban J connectivity index is 2.38. The summed E-state index contributed by atoms with van der Waals surface area (Å²) in [7, 11) is 0.